The van der Waals surface area contributed by atoms with Gasteiger partial charge in [-0.1, -0.05) is 18.2 Å². The second-order valence-electron chi connectivity index (χ2n) is 11.7. The minimum atomic E-state index is -4.55. The van der Waals surface area contributed by atoms with Gasteiger partial charge in [0.15, 0.2) is 0 Å². The Balaban J connectivity index is 1.20. The fourth-order valence-electron chi connectivity index (χ4n) is 5.93. The molecule has 0 aromatic heterocycles. The van der Waals surface area contributed by atoms with Crippen molar-refractivity contribution in [1.29, 1.82) is 0 Å². The first-order chi connectivity index (χ1) is 20.6. The lowest BCUT2D eigenvalue weighted by Gasteiger charge is -2.34. The maximum absolute atomic E-state index is 13.2. The Morgan fingerprint density at radius 3 is 2.36 bits per heavy atom. The Morgan fingerprint density at radius 2 is 1.73 bits per heavy atom. The van der Waals surface area contributed by atoms with Gasteiger partial charge in [0.1, 0.15) is 11.4 Å². The van der Waals surface area contributed by atoms with Crippen molar-refractivity contribution in [2.45, 2.75) is 80.6 Å². The first-order valence-corrected chi connectivity index (χ1v) is 17.5. The van der Waals surface area contributed by atoms with E-state index < -0.39 is 49.3 Å². The molecule has 0 atom stereocenters. The van der Waals surface area contributed by atoms with Crippen LogP contribution in [0, 0.1) is 6.92 Å². The van der Waals surface area contributed by atoms with E-state index in [9.17, 15) is 39.9 Å². The summed E-state index contributed by atoms with van der Waals surface area (Å²) < 4.78 is 95.7. The third-order valence-electron chi connectivity index (χ3n) is 8.66. The zero-order valence-corrected chi connectivity index (χ0v) is 25.7. The Bertz CT molecular complexity index is 1660. The molecule has 1 saturated carbocycles. The maximum atomic E-state index is 13.2. The summed E-state index contributed by atoms with van der Waals surface area (Å²) in [5.41, 5.74) is -0.665. The number of nitrogens with zero attached hydrogens (tertiary/aromatic N) is 2. The van der Waals surface area contributed by atoms with Crippen LogP contribution in [0.25, 0.3) is 0 Å². The van der Waals surface area contributed by atoms with Gasteiger partial charge in [0, 0.05) is 24.7 Å². The van der Waals surface area contributed by atoms with Crippen LogP contribution in [-0.2, 0) is 37.4 Å². The highest BCUT2D eigenvalue weighted by Gasteiger charge is 2.47. The average Bonchev–Trinajstić information content (AvgIpc) is 3.28. The summed E-state index contributed by atoms with van der Waals surface area (Å²) in [6.45, 7) is 1.77. The summed E-state index contributed by atoms with van der Waals surface area (Å²) in [6.07, 6.45) is -2.44. The summed E-state index contributed by atoms with van der Waals surface area (Å²) in [4.78, 5) is 17.4. The number of aryl methyl sites for hydroxylation is 2. The molecule has 15 heteroatoms. The Morgan fingerprint density at radius 1 is 1.05 bits per heavy atom. The fraction of sp³-hybridized carbons (Fsp3) is 0.517. The molecule has 0 radical (unpaired) electrons. The number of carbonyl (C=O) groups excluding carboxylic acids is 1. The van der Waals surface area contributed by atoms with Gasteiger partial charge in [-0.05, 0) is 87.3 Å². The van der Waals surface area contributed by atoms with Crippen molar-refractivity contribution in [3.8, 4) is 0 Å². The number of amidine groups is 1. The van der Waals surface area contributed by atoms with Crippen molar-refractivity contribution in [3.63, 3.8) is 0 Å². The van der Waals surface area contributed by atoms with Crippen molar-refractivity contribution >= 4 is 31.8 Å². The molecule has 3 N–H and O–H groups in total. The third-order valence-corrected chi connectivity index (χ3v) is 12.0. The largest absolute Gasteiger partial charge is 0.416 e. The second-order valence-corrected chi connectivity index (χ2v) is 15.5. The number of hydrogen-bond acceptors (Lipinski definition) is 7. The summed E-state index contributed by atoms with van der Waals surface area (Å²) in [5.74, 6) is -0.658. The Hall–Kier alpha value is -2.85. The molecule has 1 spiro atoms. The van der Waals surface area contributed by atoms with Gasteiger partial charge in [-0.2, -0.15) is 13.2 Å². The Labute approximate surface area is 254 Å². The van der Waals surface area contributed by atoms with Gasteiger partial charge >= 0.3 is 6.18 Å². The number of piperidine rings is 1. The number of alkyl halides is 3. The van der Waals surface area contributed by atoms with E-state index in [1.807, 2.05) is 0 Å². The molecule has 1 aliphatic carbocycles. The van der Waals surface area contributed by atoms with E-state index in [-0.39, 0.29) is 60.4 Å². The van der Waals surface area contributed by atoms with E-state index in [2.05, 4.69) is 15.0 Å². The lowest BCUT2D eigenvalue weighted by atomic mass is 9.89. The smallest absolute Gasteiger partial charge is 0.393 e. The molecule has 5 rings (SSSR count). The van der Waals surface area contributed by atoms with Gasteiger partial charge in [0.2, 0.25) is 20.0 Å². The monoisotopic (exact) mass is 656 g/mol. The number of benzene rings is 2. The number of sulfonamides is 2. The first kappa shape index (κ1) is 32.5. The highest BCUT2D eigenvalue weighted by molar-refractivity contribution is 7.89. The van der Waals surface area contributed by atoms with E-state index in [1.54, 1.807) is 13.0 Å². The van der Waals surface area contributed by atoms with E-state index in [0.29, 0.717) is 36.8 Å². The standard InChI is InChI=1S/C29H35F3N4O6S2/c1-19-17-25(44(41,42)35-23-6-8-24(37)9-7-23)10-5-20(19)11-16-43(39,40)36-14-12-28(13-15-36)27(38)33-26(34-28)21-3-2-4-22(18-21)29(30,31)32/h2-5,10,17-18,23-24,35,37H,6-9,11-16H2,1H3,(H,33,34,38). The van der Waals surface area contributed by atoms with Crippen LogP contribution < -0.4 is 10.0 Å². The van der Waals surface area contributed by atoms with Gasteiger partial charge in [-0.15, -0.1) is 0 Å². The molecule has 1 saturated heterocycles. The number of hydrogen-bond donors (Lipinski definition) is 3. The highest BCUT2D eigenvalue weighted by atomic mass is 32.2. The van der Waals surface area contributed by atoms with Crippen LogP contribution in [0.5, 0.6) is 0 Å². The topological polar surface area (TPSA) is 145 Å². The molecule has 2 aliphatic heterocycles. The minimum Gasteiger partial charge on any atom is -0.393 e. The van der Waals surface area contributed by atoms with Gasteiger partial charge in [0.05, 0.1) is 22.3 Å². The maximum Gasteiger partial charge on any atom is 0.416 e. The zero-order chi connectivity index (χ0) is 31.9. The van der Waals surface area contributed by atoms with E-state index in [0.717, 1.165) is 12.1 Å². The molecule has 2 heterocycles. The number of aliphatic imine (C=N–C) groups is 1. The van der Waals surface area contributed by atoms with Crippen molar-refractivity contribution in [3.05, 3.63) is 64.7 Å². The van der Waals surface area contributed by atoms with Crippen LogP contribution in [-0.4, -0.2) is 74.5 Å². The molecule has 1 amide bonds. The molecule has 2 aromatic carbocycles. The molecule has 3 aliphatic rings. The number of rotatable bonds is 8. The molecule has 10 nitrogen and oxygen atoms in total. The quantitative estimate of drug-likeness (QED) is 0.399. The van der Waals surface area contributed by atoms with Crippen LogP contribution in [0.2, 0.25) is 0 Å². The normalized spacial score (nSPS) is 23.0. The predicted octanol–water partition coefficient (Wildman–Crippen LogP) is 2.88. The highest BCUT2D eigenvalue weighted by Crippen LogP contribution is 2.34. The molecule has 2 aromatic rings. The van der Waals surface area contributed by atoms with Gasteiger partial charge in [-0.3, -0.25) is 9.79 Å². The summed E-state index contributed by atoms with van der Waals surface area (Å²) >= 11 is 0. The molecule has 0 unspecified atom stereocenters. The van der Waals surface area contributed by atoms with Crippen molar-refractivity contribution in [2.75, 3.05) is 18.8 Å². The van der Waals surface area contributed by atoms with Crippen LogP contribution in [0.1, 0.15) is 60.8 Å². The van der Waals surface area contributed by atoms with Crippen LogP contribution in [0.4, 0.5) is 13.2 Å². The molecule has 240 valence electrons. The number of halogens is 3. The number of nitrogens with one attached hydrogen (secondary N) is 2. The fourth-order valence-corrected chi connectivity index (χ4v) is 8.80. The number of amides is 1. The predicted molar refractivity (Wildman–Crippen MR) is 157 cm³/mol. The molecule has 44 heavy (non-hydrogen) atoms. The van der Waals surface area contributed by atoms with Crippen LogP contribution in [0.15, 0.2) is 52.4 Å². The van der Waals surface area contributed by atoms with E-state index >= 15 is 0 Å². The number of carbonyl (C=O) groups is 1. The number of aliphatic hydroxyl groups is 1. The molecule has 0 bridgehead atoms. The Kier molecular flexibility index (Phi) is 8.99. The zero-order valence-electron chi connectivity index (χ0n) is 24.1. The van der Waals surface area contributed by atoms with Crippen molar-refractivity contribution in [1.82, 2.24) is 14.3 Å². The first-order valence-electron chi connectivity index (χ1n) is 14.4. The van der Waals surface area contributed by atoms with Gasteiger partial charge in [-0.25, -0.2) is 25.9 Å². The molecular formula is C29H35F3N4O6S2. The third kappa shape index (κ3) is 7.01. The van der Waals surface area contributed by atoms with Crippen LogP contribution >= 0.6 is 0 Å². The lowest BCUT2D eigenvalue weighted by Crippen LogP contribution is -2.50. The van der Waals surface area contributed by atoms with Gasteiger partial charge < -0.3 is 10.4 Å². The van der Waals surface area contributed by atoms with Gasteiger partial charge in [0.25, 0.3) is 5.91 Å². The second kappa shape index (κ2) is 12.2. The minimum absolute atomic E-state index is 0.0230. The van der Waals surface area contributed by atoms with Crippen LogP contribution in [0.3, 0.4) is 0 Å². The molecule has 2 fully saturated rings. The lowest BCUT2D eigenvalue weighted by molar-refractivity contribution is -0.137. The summed E-state index contributed by atoms with van der Waals surface area (Å²) in [5, 5.41) is 12.2. The number of aliphatic hydroxyl groups excluding tert-OH is 1. The average molecular weight is 657 g/mol. The van der Waals surface area contributed by atoms with Crippen molar-refractivity contribution in [2.24, 2.45) is 4.99 Å². The SMILES string of the molecule is Cc1cc(S(=O)(=O)NC2CCC(O)CC2)ccc1CCS(=O)(=O)N1CCC2(CC1)N=C(c1cccc(C(F)(F)F)c1)NC2=O. The summed E-state index contributed by atoms with van der Waals surface area (Å²) in [6, 6.07) is 8.86. The summed E-state index contributed by atoms with van der Waals surface area (Å²) in [7, 11) is -7.51. The van der Waals surface area contributed by atoms with E-state index in [1.165, 1.54) is 28.6 Å². The van der Waals surface area contributed by atoms with Crippen molar-refractivity contribution < 1.29 is 39.9 Å². The van der Waals surface area contributed by atoms with E-state index in [4.69, 9.17) is 0 Å². The molecular weight excluding hydrogens is 621 g/mol.